The van der Waals surface area contributed by atoms with Gasteiger partial charge in [-0.05, 0) is 23.8 Å². The Balaban J connectivity index is 2.18. The number of hydrogen-bond donors (Lipinski definition) is 0. The molecule has 0 heterocycles. The molecule has 0 spiro atoms. The van der Waals surface area contributed by atoms with E-state index in [0.717, 1.165) is 9.87 Å². The minimum absolute atomic E-state index is 0.108. The number of rotatable bonds is 6. The molecule has 0 aliphatic heterocycles. The fourth-order valence-electron chi connectivity index (χ4n) is 2.75. The summed E-state index contributed by atoms with van der Waals surface area (Å²) in [5, 5.41) is 0. The monoisotopic (exact) mass is 381 g/mol. The van der Waals surface area contributed by atoms with Gasteiger partial charge in [0.15, 0.2) is 0 Å². The van der Waals surface area contributed by atoms with Gasteiger partial charge >= 0.3 is 5.97 Å². The van der Waals surface area contributed by atoms with Gasteiger partial charge in [0.25, 0.3) is 10.0 Å². The van der Waals surface area contributed by atoms with Gasteiger partial charge in [-0.25, -0.2) is 8.42 Å². The lowest BCUT2D eigenvalue weighted by Gasteiger charge is -2.25. The molecule has 3 rings (SSSR count). The molecule has 0 aliphatic carbocycles. The van der Waals surface area contributed by atoms with E-state index >= 15 is 0 Å². The number of para-hydroxylation sites is 1. The molecule has 0 aromatic heterocycles. The van der Waals surface area contributed by atoms with Crippen molar-refractivity contribution in [2.24, 2.45) is 0 Å². The van der Waals surface area contributed by atoms with Gasteiger partial charge in [-0.2, -0.15) is 0 Å². The lowest BCUT2D eigenvalue weighted by molar-refractivity contribution is -0.138. The minimum atomic E-state index is -3.96. The van der Waals surface area contributed by atoms with Crippen molar-refractivity contribution >= 4 is 21.7 Å². The highest BCUT2D eigenvalue weighted by atomic mass is 32.2. The highest BCUT2D eigenvalue weighted by Gasteiger charge is 2.29. The van der Waals surface area contributed by atoms with Crippen LogP contribution in [0.4, 0.5) is 5.69 Å². The molecule has 0 aliphatic rings. The Kier molecular flexibility index (Phi) is 5.57. The maximum absolute atomic E-state index is 13.3. The predicted molar refractivity (Wildman–Crippen MR) is 105 cm³/mol. The summed E-state index contributed by atoms with van der Waals surface area (Å²) in [5.41, 5.74) is 1.98. The highest BCUT2D eigenvalue weighted by Crippen LogP contribution is 2.33. The van der Waals surface area contributed by atoms with E-state index in [1.807, 2.05) is 42.5 Å². The summed E-state index contributed by atoms with van der Waals surface area (Å²) in [5.74, 6) is -0.641. The second-order valence-electron chi connectivity index (χ2n) is 5.78. The van der Waals surface area contributed by atoms with E-state index in [1.54, 1.807) is 30.3 Å². The zero-order valence-electron chi connectivity index (χ0n) is 14.8. The Hall–Kier alpha value is -3.12. The Morgan fingerprint density at radius 3 is 2.04 bits per heavy atom. The van der Waals surface area contributed by atoms with E-state index < -0.39 is 22.5 Å². The second kappa shape index (κ2) is 8.05. The number of ether oxygens (including phenoxy) is 1. The number of carbonyl (C=O) groups is 1. The third-order valence-corrected chi connectivity index (χ3v) is 5.86. The van der Waals surface area contributed by atoms with Crippen LogP contribution in [0.1, 0.15) is 0 Å². The molecule has 0 saturated carbocycles. The Labute approximate surface area is 158 Å². The van der Waals surface area contributed by atoms with E-state index in [2.05, 4.69) is 0 Å². The molecule has 0 fully saturated rings. The fourth-order valence-corrected chi connectivity index (χ4v) is 4.20. The summed E-state index contributed by atoms with van der Waals surface area (Å²) >= 11 is 0. The van der Waals surface area contributed by atoms with Crippen LogP contribution in [-0.2, 0) is 19.6 Å². The van der Waals surface area contributed by atoms with E-state index in [-0.39, 0.29) is 4.90 Å². The Morgan fingerprint density at radius 1 is 0.852 bits per heavy atom. The number of methoxy groups -OCH3 is 1. The van der Waals surface area contributed by atoms with E-state index in [0.29, 0.717) is 11.3 Å². The average Bonchev–Trinajstić information content (AvgIpc) is 2.73. The fraction of sp³-hybridized carbons (Fsp3) is 0.0952. The molecule has 0 radical (unpaired) electrons. The van der Waals surface area contributed by atoms with E-state index in [1.165, 1.54) is 19.2 Å². The standard InChI is InChI=1S/C21H19NO4S/c1-26-21(23)16-22(27(24,25)18-12-6-3-7-13-18)20-15-9-8-14-19(20)17-10-4-2-5-11-17/h2-15H,16H2,1H3. The van der Waals surface area contributed by atoms with Crippen molar-refractivity contribution in [1.82, 2.24) is 0 Å². The van der Waals surface area contributed by atoms with Gasteiger partial charge in [-0.1, -0.05) is 66.7 Å². The first-order chi connectivity index (χ1) is 13.0. The number of sulfonamides is 1. The van der Waals surface area contributed by atoms with Crippen molar-refractivity contribution in [2.75, 3.05) is 18.0 Å². The first-order valence-electron chi connectivity index (χ1n) is 8.33. The number of esters is 1. The van der Waals surface area contributed by atoms with Crippen LogP contribution in [0.3, 0.4) is 0 Å². The molecule has 0 atom stereocenters. The van der Waals surface area contributed by atoms with Crippen molar-refractivity contribution in [1.29, 1.82) is 0 Å². The third kappa shape index (κ3) is 4.01. The molecular formula is C21H19NO4S. The molecule has 3 aromatic rings. The van der Waals surface area contributed by atoms with Gasteiger partial charge in [0.2, 0.25) is 0 Å². The summed E-state index contributed by atoms with van der Waals surface area (Å²) < 4.78 is 32.4. The zero-order chi connectivity index (χ0) is 19.3. The molecule has 0 bridgehead atoms. The molecule has 5 nitrogen and oxygen atoms in total. The topological polar surface area (TPSA) is 63.7 Å². The van der Waals surface area contributed by atoms with Crippen molar-refractivity contribution in [3.63, 3.8) is 0 Å². The normalized spacial score (nSPS) is 11.0. The maximum Gasteiger partial charge on any atom is 0.326 e. The average molecular weight is 381 g/mol. The molecule has 27 heavy (non-hydrogen) atoms. The lowest BCUT2D eigenvalue weighted by Crippen LogP contribution is -2.36. The summed E-state index contributed by atoms with van der Waals surface area (Å²) in [6, 6.07) is 24.6. The van der Waals surface area contributed by atoms with Gasteiger partial charge in [0, 0.05) is 5.56 Å². The molecular weight excluding hydrogens is 362 g/mol. The molecule has 138 valence electrons. The largest absolute Gasteiger partial charge is 0.468 e. The molecule has 3 aromatic carbocycles. The van der Waals surface area contributed by atoms with Crippen LogP contribution in [-0.4, -0.2) is 28.0 Å². The smallest absolute Gasteiger partial charge is 0.326 e. The molecule has 0 saturated heterocycles. The van der Waals surface area contributed by atoms with Crippen molar-refractivity contribution in [3.05, 3.63) is 84.9 Å². The maximum atomic E-state index is 13.3. The highest BCUT2D eigenvalue weighted by molar-refractivity contribution is 7.92. The van der Waals surface area contributed by atoms with Gasteiger partial charge in [0.05, 0.1) is 17.7 Å². The number of anilines is 1. The molecule has 6 heteroatoms. The predicted octanol–water partition coefficient (Wildman–Crippen LogP) is 3.72. The van der Waals surface area contributed by atoms with E-state index in [9.17, 15) is 13.2 Å². The minimum Gasteiger partial charge on any atom is -0.468 e. The van der Waals surface area contributed by atoms with Gasteiger partial charge in [-0.3, -0.25) is 9.10 Å². The Bertz CT molecular complexity index is 1020. The van der Waals surface area contributed by atoms with Crippen molar-refractivity contribution < 1.29 is 17.9 Å². The molecule has 0 unspecified atom stereocenters. The van der Waals surface area contributed by atoms with Crippen LogP contribution in [0.25, 0.3) is 11.1 Å². The number of carbonyl (C=O) groups excluding carboxylic acids is 1. The van der Waals surface area contributed by atoms with Crippen LogP contribution >= 0.6 is 0 Å². The zero-order valence-corrected chi connectivity index (χ0v) is 15.6. The van der Waals surface area contributed by atoms with Crippen molar-refractivity contribution in [3.8, 4) is 11.1 Å². The Morgan fingerprint density at radius 2 is 1.41 bits per heavy atom. The van der Waals surface area contributed by atoms with Crippen LogP contribution in [0.15, 0.2) is 89.8 Å². The van der Waals surface area contributed by atoms with Crippen molar-refractivity contribution in [2.45, 2.75) is 4.90 Å². The molecule has 0 N–H and O–H groups in total. The molecule has 0 amide bonds. The van der Waals surface area contributed by atoms with E-state index in [4.69, 9.17) is 4.74 Å². The first kappa shape index (κ1) is 18.7. The third-order valence-electron chi connectivity index (χ3n) is 4.09. The number of hydrogen-bond acceptors (Lipinski definition) is 4. The quantitative estimate of drug-likeness (QED) is 0.611. The summed E-state index contributed by atoms with van der Waals surface area (Å²) in [4.78, 5) is 12.1. The van der Waals surface area contributed by atoms with Gasteiger partial charge in [-0.15, -0.1) is 0 Å². The summed E-state index contributed by atoms with van der Waals surface area (Å²) in [6.45, 7) is -0.419. The lowest BCUT2D eigenvalue weighted by atomic mass is 10.0. The summed E-state index contributed by atoms with van der Waals surface area (Å²) in [6.07, 6.45) is 0. The second-order valence-corrected chi connectivity index (χ2v) is 7.65. The van der Waals surface area contributed by atoms with Gasteiger partial charge < -0.3 is 4.74 Å². The van der Waals surface area contributed by atoms with Crippen LogP contribution < -0.4 is 4.31 Å². The van der Waals surface area contributed by atoms with Gasteiger partial charge in [0.1, 0.15) is 6.54 Å². The summed E-state index contributed by atoms with van der Waals surface area (Å²) in [7, 11) is -2.72. The van der Waals surface area contributed by atoms with Crippen LogP contribution in [0.2, 0.25) is 0 Å². The number of nitrogens with zero attached hydrogens (tertiary/aromatic N) is 1. The first-order valence-corrected chi connectivity index (χ1v) is 9.77. The SMILES string of the molecule is COC(=O)CN(c1ccccc1-c1ccccc1)S(=O)(=O)c1ccccc1. The van der Waals surface area contributed by atoms with Crippen LogP contribution in [0, 0.1) is 0 Å². The van der Waals surface area contributed by atoms with Crippen LogP contribution in [0.5, 0.6) is 0 Å². The number of benzene rings is 3.